The lowest BCUT2D eigenvalue weighted by Crippen LogP contribution is -2.37. The van der Waals surface area contributed by atoms with Crippen molar-refractivity contribution < 1.29 is 14.6 Å². The van der Waals surface area contributed by atoms with Crippen molar-refractivity contribution in [3.63, 3.8) is 0 Å². The van der Waals surface area contributed by atoms with Crippen LogP contribution in [0.25, 0.3) is 0 Å². The summed E-state index contributed by atoms with van der Waals surface area (Å²) >= 11 is 6.05. The minimum atomic E-state index is -0.584. The molecule has 1 aromatic carbocycles. The van der Waals surface area contributed by atoms with Crippen LogP contribution < -0.4 is 10.1 Å². The van der Waals surface area contributed by atoms with Gasteiger partial charge in [-0.1, -0.05) is 31.5 Å². The van der Waals surface area contributed by atoms with Gasteiger partial charge in [-0.3, -0.25) is 4.79 Å². The van der Waals surface area contributed by atoms with Gasteiger partial charge in [-0.05, 0) is 37.5 Å². The average Bonchev–Trinajstić information content (AvgIpc) is 2.43. The zero-order chi connectivity index (χ0) is 15.1. The molecule has 0 saturated carbocycles. The summed E-state index contributed by atoms with van der Waals surface area (Å²) in [6, 6.07) is 5.21. The molecule has 112 valence electrons. The molecule has 0 spiro atoms. The Morgan fingerprint density at radius 2 is 2.05 bits per heavy atom. The molecule has 1 aromatic rings. The number of aliphatic hydroxyl groups is 1. The number of hydrogen-bond donors (Lipinski definition) is 2. The van der Waals surface area contributed by atoms with E-state index in [1.807, 2.05) is 13.8 Å². The number of nitrogens with one attached hydrogen (secondary N) is 1. The van der Waals surface area contributed by atoms with E-state index >= 15 is 0 Å². The fourth-order valence-corrected chi connectivity index (χ4v) is 2.04. The normalized spacial score (nSPS) is 12.3. The van der Waals surface area contributed by atoms with Crippen molar-refractivity contribution in [2.45, 2.75) is 45.8 Å². The predicted molar refractivity (Wildman–Crippen MR) is 80.1 cm³/mol. The molecule has 0 aliphatic carbocycles. The highest BCUT2D eigenvalue weighted by atomic mass is 35.5. The fourth-order valence-electron chi connectivity index (χ4n) is 1.80. The quantitative estimate of drug-likeness (QED) is 0.813. The molecule has 2 N–H and O–H groups in total. The van der Waals surface area contributed by atoms with Crippen LogP contribution in [0.15, 0.2) is 18.2 Å². The standard InChI is InChI=1S/C15H22ClNO3/c1-4-12(5-2)17-15(19)9-20-14-7-6-11(10(3)18)8-13(14)16/h6-8,10,12,18H,4-5,9H2,1-3H3,(H,17,19)/t10-/m1/s1. The molecular weight excluding hydrogens is 278 g/mol. The van der Waals surface area contributed by atoms with Gasteiger partial charge in [0.25, 0.3) is 5.91 Å². The molecule has 0 saturated heterocycles. The zero-order valence-electron chi connectivity index (χ0n) is 12.1. The third-order valence-electron chi connectivity index (χ3n) is 3.15. The molecule has 0 fully saturated rings. The van der Waals surface area contributed by atoms with E-state index in [0.717, 1.165) is 12.8 Å². The predicted octanol–water partition coefficient (Wildman–Crippen LogP) is 3.08. The minimum Gasteiger partial charge on any atom is -0.482 e. The molecule has 1 atom stereocenters. The number of carbonyl (C=O) groups excluding carboxylic acids is 1. The number of ether oxygens (including phenoxy) is 1. The van der Waals surface area contributed by atoms with Crippen LogP contribution in [0.3, 0.4) is 0 Å². The van der Waals surface area contributed by atoms with Crippen molar-refractivity contribution in [3.05, 3.63) is 28.8 Å². The van der Waals surface area contributed by atoms with E-state index in [0.29, 0.717) is 16.3 Å². The molecule has 0 unspecified atom stereocenters. The van der Waals surface area contributed by atoms with Crippen LogP contribution in [0, 0.1) is 0 Å². The number of aliphatic hydroxyl groups excluding tert-OH is 1. The van der Waals surface area contributed by atoms with Crippen LogP contribution in [0.1, 0.15) is 45.3 Å². The van der Waals surface area contributed by atoms with Gasteiger partial charge in [0.1, 0.15) is 5.75 Å². The largest absolute Gasteiger partial charge is 0.482 e. The van der Waals surface area contributed by atoms with Crippen molar-refractivity contribution in [3.8, 4) is 5.75 Å². The number of hydrogen-bond acceptors (Lipinski definition) is 3. The molecule has 5 heteroatoms. The van der Waals surface area contributed by atoms with E-state index in [2.05, 4.69) is 5.32 Å². The van der Waals surface area contributed by atoms with Gasteiger partial charge < -0.3 is 15.2 Å². The molecule has 1 rings (SSSR count). The lowest BCUT2D eigenvalue weighted by molar-refractivity contribution is -0.123. The van der Waals surface area contributed by atoms with E-state index < -0.39 is 6.10 Å². The van der Waals surface area contributed by atoms with Crippen LogP contribution in [0.5, 0.6) is 5.75 Å². The SMILES string of the molecule is CCC(CC)NC(=O)COc1ccc([C@@H](C)O)cc1Cl. The van der Waals surface area contributed by atoms with Crippen LogP contribution in [0.4, 0.5) is 0 Å². The third kappa shape index (κ3) is 5.02. The molecule has 0 aliphatic heterocycles. The van der Waals surface area contributed by atoms with E-state index in [-0.39, 0.29) is 18.6 Å². The second-order valence-corrected chi connectivity index (χ2v) is 5.14. The average molecular weight is 300 g/mol. The Morgan fingerprint density at radius 3 is 2.55 bits per heavy atom. The second kappa shape index (κ2) is 8.12. The van der Waals surface area contributed by atoms with Gasteiger partial charge in [-0.2, -0.15) is 0 Å². The van der Waals surface area contributed by atoms with E-state index in [4.69, 9.17) is 16.3 Å². The molecule has 0 bridgehead atoms. The van der Waals surface area contributed by atoms with Gasteiger partial charge in [0.05, 0.1) is 11.1 Å². The van der Waals surface area contributed by atoms with Gasteiger partial charge in [0, 0.05) is 6.04 Å². The molecule has 4 nitrogen and oxygen atoms in total. The van der Waals surface area contributed by atoms with Gasteiger partial charge in [0.15, 0.2) is 6.61 Å². The summed E-state index contributed by atoms with van der Waals surface area (Å²) in [7, 11) is 0. The summed E-state index contributed by atoms with van der Waals surface area (Å²) in [5, 5.41) is 12.7. The molecule has 0 heterocycles. The maximum Gasteiger partial charge on any atom is 0.258 e. The molecule has 0 radical (unpaired) electrons. The molecule has 20 heavy (non-hydrogen) atoms. The van der Waals surface area contributed by atoms with Gasteiger partial charge >= 0.3 is 0 Å². The Morgan fingerprint density at radius 1 is 1.40 bits per heavy atom. The first-order chi connectivity index (χ1) is 9.47. The second-order valence-electron chi connectivity index (χ2n) is 4.74. The third-order valence-corrected chi connectivity index (χ3v) is 3.44. The number of rotatable bonds is 7. The lowest BCUT2D eigenvalue weighted by Gasteiger charge is -2.15. The lowest BCUT2D eigenvalue weighted by atomic mass is 10.1. The number of benzene rings is 1. The van der Waals surface area contributed by atoms with Crippen molar-refractivity contribution in [1.82, 2.24) is 5.32 Å². The number of amides is 1. The number of halogens is 1. The Balaban J connectivity index is 2.55. The summed E-state index contributed by atoms with van der Waals surface area (Å²) in [6.07, 6.45) is 1.21. The van der Waals surface area contributed by atoms with Crippen LogP contribution >= 0.6 is 11.6 Å². The van der Waals surface area contributed by atoms with Gasteiger partial charge in [-0.15, -0.1) is 0 Å². The maximum atomic E-state index is 11.7. The highest BCUT2D eigenvalue weighted by Crippen LogP contribution is 2.27. The van der Waals surface area contributed by atoms with E-state index in [1.54, 1.807) is 25.1 Å². The Bertz CT molecular complexity index is 445. The van der Waals surface area contributed by atoms with E-state index in [9.17, 15) is 9.90 Å². The first-order valence-corrected chi connectivity index (χ1v) is 7.25. The smallest absolute Gasteiger partial charge is 0.258 e. The Hall–Kier alpha value is -1.26. The highest BCUT2D eigenvalue weighted by Gasteiger charge is 2.11. The Labute approximate surface area is 125 Å². The zero-order valence-corrected chi connectivity index (χ0v) is 12.9. The summed E-state index contributed by atoms with van der Waals surface area (Å²) in [5.41, 5.74) is 0.712. The van der Waals surface area contributed by atoms with Crippen LogP contribution in [-0.2, 0) is 4.79 Å². The van der Waals surface area contributed by atoms with Gasteiger partial charge in [-0.25, -0.2) is 0 Å². The molecule has 0 aliphatic rings. The van der Waals surface area contributed by atoms with Gasteiger partial charge in [0.2, 0.25) is 0 Å². The van der Waals surface area contributed by atoms with Crippen molar-refractivity contribution >= 4 is 17.5 Å². The first kappa shape index (κ1) is 16.8. The molecule has 0 aromatic heterocycles. The van der Waals surface area contributed by atoms with Crippen LogP contribution in [-0.4, -0.2) is 23.7 Å². The summed E-state index contributed by atoms with van der Waals surface area (Å²) in [4.78, 5) is 11.7. The highest BCUT2D eigenvalue weighted by molar-refractivity contribution is 6.32. The van der Waals surface area contributed by atoms with Crippen molar-refractivity contribution in [2.75, 3.05) is 6.61 Å². The topological polar surface area (TPSA) is 58.6 Å². The Kier molecular flexibility index (Phi) is 6.82. The fraction of sp³-hybridized carbons (Fsp3) is 0.533. The molecule has 1 amide bonds. The summed E-state index contributed by atoms with van der Waals surface area (Å²) < 4.78 is 5.40. The first-order valence-electron chi connectivity index (χ1n) is 6.87. The maximum absolute atomic E-state index is 11.7. The monoisotopic (exact) mass is 299 g/mol. The summed E-state index contributed by atoms with van der Waals surface area (Å²) in [6.45, 7) is 5.65. The summed E-state index contributed by atoms with van der Waals surface area (Å²) in [5.74, 6) is 0.283. The number of carbonyl (C=O) groups is 1. The van der Waals surface area contributed by atoms with Crippen LogP contribution in [0.2, 0.25) is 5.02 Å². The van der Waals surface area contributed by atoms with Crippen molar-refractivity contribution in [1.29, 1.82) is 0 Å². The minimum absolute atomic E-state index is 0.0652. The molecular formula is C15H22ClNO3. The van der Waals surface area contributed by atoms with Crippen molar-refractivity contribution in [2.24, 2.45) is 0 Å². The van der Waals surface area contributed by atoms with E-state index in [1.165, 1.54) is 0 Å².